The molecular weight excluding hydrogens is 769 g/mol. The van der Waals surface area contributed by atoms with Crippen LogP contribution in [-0.2, 0) is 28.6 Å². The van der Waals surface area contributed by atoms with Crippen molar-refractivity contribution in [1.29, 1.82) is 0 Å². The van der Waals surface area contributed by atoms with Gasteiger partial charge in [-0.2, -0.15) is 0 Å². The molecule has 0 aliphatic carbocycles. The van der Waals surface area contributed by atoms with Crippen LogP contribution in [0.25, 0.3) is 0 Å². The smallest absolute Gasteiger partial charge is 0.306 e. The Hall–Kier alpha value is -4.19. The summed E-state index contributed by atoms with van der Waals surface area (Å²) in [7, 11) is 0. The van der Waals surface area contributed by atoms with Gasteiger partial charge in [0.05, 0.1) is 0 Å². The first kappa shape index (κ1) is 57.8. The molecule has 0 heterocycles. The molecule has 0 spiro atoms. The quantitative estimate of drug-likeness (QED) is 0.0200. The van der Waals surface area contributed by atoms with Crippen LogP contribution in [-0.4, -0.2) is 37.2 Å². The van der Waals surface area contributed by atoms with Crippen molar-refractivity contribution >= 4 is 17.9 Å². The number of carbonyl (C=O) groups is 3. The Morgan fingerprint density at radius 2 is 0.726 bits per heavy atom. The Labute approximate surface area is 380 Å². The van der Waals surface area contributed by atoms with E-state index < -0.39 is 6.10 Å². The maximum Gasteiger partial charge on any atom is 0.306 e. The number of esters is 3. The second-order valence-corrected chi connectivity index (χ2v) is 15.7. The van der Waals surface area contributed by atoms with Crippen molar-refractivity contribution in [1.82, 2.24) is 0 Å². The predicted molar refractivity (Wildman–Crippen MR) is 265 cm³/mol. The SMILES string of the molecule is CC\C=C/C=C\C=C/C=C\C=C/CCCCCC(=O)OC(COC(=O)CCC/C=C\C/C=C\C/C=C\CCCCCCCC)COC(=O)CCCCCCC/C=C\C/C=C\CC. The van der Waals surface area contributed by atoms with Crippen LogP contribution < -0.4 is 0 Å². The number of ether oxygens (including phenoxy) is 3. The van der Waals surface area contributed by atoms with Gasteiger partial charge in [-0.1, -0.05) is 200 Å². The number of hydrogen-bond acceptors (Lipinski definition) is 6. The average Bonchev–Trinajstić information content (AvgIpc) is 3.27. The molecule has 0 aromatic carbocycles. The molecule has 0 fully saturated rings. The maximum absolute atomic E-state index is 12.8. The van der Waals surface area contributed by atoms with Gasteiger partial charge in [0.2, 0.25) is 0 Å². The van der Waals surface area contributed by atoms with E-state index in [1.54, 1.807) is 0 Å². The van der Waals surface area contributed by atoms with Gasteiger partial charge in [0.25, 0.3) is 0 Å². The minimum Gasteiger partial charge on any atom is -0.462 e. The van der Waals surface area contributed by atoms with Crippen molar-refractivity contribution in [3.63, 3.8) is 0 Å². The first-order chi connectivity index (χ1) is 30.5. The summed E-state index contributed by atoms with van der Waals surface area (Å²) in [6, 6.07) is 0. The van der Waals surface area contributed by atoms with E-state index >= 15 is 0 Å². The van der Waals surface area contributed by atoms with Gasteiger partial charge in [0, 0.05) is 19.3 Å². The highest BCUT2D eigenvalue weighted by Gasteiger charge is 2.19. The molecule has 62 heavy (non-hydrogen) atoms. The molecule has 0 saturated carbocycles. The topological polar surface area (TPSA) is 78.9 Å². The van der Waals surface area contributed by atoms with Crippen LogP contribution in [0.3, 0.4) is 0 Å². The largest absolute Gasteiger partial charge is 0.462 e. The van der Waals surface area contributed by atoms with Crippen molar-refractivity contribution in [3.05, 3.63) is 122 Å². The fourth-order valence-corrected chi connectivity index (χ4v) is 6.16. The van der Waals surface area contributed by atoms with Gasteiger partial charge in [-0.05, 0) is 96.3 Å². The molecule has 0 aliphatic heterocycles. The zero-order chi connectivity index (χ0) is 45.1. The van der Waals surface area contributed by atoms with E-state index in [0.717, 1.165) is 96.3 Å². The van der Waals surface area contributed by atoms with Crippen molar-refractivity contribution in [2.45, 2.75) is 200 Å². The van der Waals surface area contributed by atoms with Gasteiger partial charge in [0.15, 0.2) is 6.10 Å². The van der Waals surface area contributed by atoms with Crippen molar-refractivity contribution in [2.24, 2.45) is 0 Å². The number of unbranched alkanes of at least 4 members (excludes halogenated alkanes) is 15. The molecule has 6 nitrogen and oxygen atoms in total. The highest BCUT2D eigenvalue weighted by molar-refractivity contribution is 5.71. The molecule has 348 valence electrons. The molecule has 6 heteroatoms. The van der Waals surface area contributed by atoms with Crippen LogP contribution in [0.5, 0.6) is 0 Å². The van der Waals surface area contributed by atoms with E-state index in [-0.39, 0.29) is 44.0 Å². The summed E-state index contributed by atoms with van der Waals surface area (Å²) in [5, 5.41) is 0. The van der Waals surface area contributed by atoms with Crippen LogP contribution in [0.15, 0.2) is 122 Å². The fourth-order valence-electron chi connectivity index (χ4n) is 6.16. The molecule has 1 atom stereocenters. The summed E-state index contributed by atoms with van der Waals surface area (Å²) in [5.41, 5.74) is 0. The van der Waals surface area contributed by atoms with E-state index in [2.05, 4.69) is 93.7 Å². The molecule has 0 aromatic heterocycles. The van der Waals surface area contributed by atoms with Gasteiger partial charge in [0.1, 0.15) is 13.2 Å². The van der Waals surface area contributed by atoms with E-state index in [1.807, 2.05) is 48.6 Å². The van der Waals surface area contributed by atoms with Crippen molar-refractivity contribution in [2.75, 3.05) is 13.2 Å². The number of hydrogen-bond donors (Lipinski definition) is 0. The third kappa shape index (κ3) is 46.9. The Bertz CT molecular complexity index is 1350. The Morgan fingerprint density at radius 3 is 1.26 bits per heavy atom. The van der Waals surface area contributed by atoms with Crippen LogP contribution >= 0.6 is 0 Å². The lowest BCUT2D eigenvalue weighted by atomic mass is 10.1. The monoisotopic (exact) mass is 857 g/mol. The van der Waals surface area contributed by atoms with Gasteiger partial charge in [-0.15, -0.1) is 0 Å². The molecule has 0 saturated heterocycles. The van der Waals surface area contributed by atoms with Gasteiger partial charge >= 0.3 is 17.9 Å². The number of rotatable bonds is 42. The summed E-state index contributed by atoms with van der Waals surface area (Å²) in [4.78, 5) is 37.9. The highest BCUT2D eigenvalue weighted by Crippen LogP contribution is 2.12. The van der Waals surface area contributed by atoms with Gasteiger partial charge in [-0.3, -0.25) is 14.4 Å². The maximum atomic E-state index is 12.8. The molecule has 0 rings (SSSR count). The molecule has 0 amide bonds. The Morgan fingerprint density at radius 1 is 0.355 bits per heavy atom. The second-order valence-electron chi connectivity index (χ2n) is 15.7. The standard InChI is InChI=1S/C56H88O6/c1-4-7-10-13-16-19-22-25-27-28-30-31-34-37-40-43-46-49-55(58)61-52-53(51-60-54(57)48-45-42-39-36-33-24-21-18-15-12-9-6-3)62-56(59)50-47-44-41-38-35-32-29-26-23-20-17-14-11-8-5-2/h8-9,11-12,14,17-18,20-21,23,25-27,29-32,35,37,40,53H,4-7,10,13,15-16,19,22,24,28,33-34,36,38-39,41-52H2,1-3H3/b11-8-,12-9-,17-14-,21-18-,23-20-,27-25-,29-26-,31-30-,35-32-,40-37-. The zero-order valence-electron chi connectivity index (χ0n) is 39.6. The third-order valence-electron chi connectivity index (χ3n) is 9.81. The molecule has 0 aromatic rings. The van der Waals surface area contributed by atoms with Crippen molar-refractivity contribution in [3.8, 4) is 0 Å². The lowest BCUT2D eigenvalue weighted by Gasteiger charge is -2.18. The number of carbonyl (C=O) groups excluding carboxylic acids is 3. The molecule has 0 bridgehead atoms. The van der Waals surface area contributed by atoms with E-state index in [0.29, 0.717) is 19.3 Å². The van der Waals surface area contributed by atoms with E-state index in [1.165, 1.54) is 44.9 Å². The Balaban J connectivity index is 4.58. The average molecular weight is 857 g/mol. The van der Waals surface area contributed by atoms with Crippen LogP contribution in [0.4, 0.5) is 0 Å². The molecular formula is C56H88O6. The van der Waals surface area contributed by atoms with E-state index in [9.17, 15) is 14.4 Å². The lowest BCUT2D eigenvalue weighted by Crippen LogP contribution is -2.30. The molecule has 0 aliphatic rings. The summed E-state index contributed by atoms with van der Waals surface area (Å²) in [6.07, 6.45) is 67.6. The first-order valence-corrected chi connectivity index (χ1v) is 24.6. The Kier molecular flexibility index (Phi) is 46.1. The number of allylic oxidation sites excluding steroid dienone is 20. The van der Waals surface area contributed by atoms with Gasteiger partial charge < -0.3 is 14.2 Å². The second kappa shape index (κ2) is 49.5. The van der Waals surface area contributed by atoms with Crippen molar-refractivity contribution < 1.29 is 28.6 Å². The summed E-state index contributed by atoms with van der Waals surface area (Å²) in [5.74, 6) is -1.04. The molecule has 1 unspecified atom stereocenters. The van der Waals surface area contributed by atoms with Crippen LogP contribution in [0, 0.1) is 0 Å². The normalized spacial score (nSPS) is 13.1. The minimum absolute atomic E-state index is 0.123. The summed E-state index contributed by atoms with van der Waals surface area (Å²) >= 11 is 0. The zero-order valence-corrected chi connectivity index (χ0v) is 39.6. The van der Waals surface area contributed by atoms with Crippen LogP contribution in [0.2, 0.25) is 0 Å². The van der Waals surface area contributed by atoms with Crippen LogP contribution in [0.1, 0.15) is 194 Å². The van der Waals surface area contributed by atoms with Gasteiger partial charge in [-0.25, -0.2) is 0 Å². The van der Waals surface area contributed by atoms with E-state index in [4.69, 9.17) is 14.2 Å². The summed E-state index contributed by atoms with van der Waals surface area (Å²) in [6.45, 7) is 6.26. The fraction of sp³-hybridized carbons (Fsp3) is 0.589. The highest BCUT2D eigenvalue weighted by atomic mass is 16.6. The summed E-state index contributed by atoms with van der Waals surface area (Å²) < 4.78 is 16.7. The lowest BCUT2D eigenvalue weighted by molar-refractivity contribution is -0.167. The predicted octanol–water partition coefficient (Wildman–Crippen LogP) is 16.1. The molecule has 0 N–H and O–H groups in total. The minimum atomic E-state index is -0.829. The first-order valence-electron chi connectivity index (χ1n) is 24.6. The third-order valence-corrected chi connectivity index (χ3v) is 9.81. The molecule has 0 radical (unpaired) electrons.